The summed E-state index contributed by atoms with van der Waals surface area (Å²) in [6.07, 6.45) is 6.19. The number of carbonyl (C=O) groups excluding carboxylic acids is 1. The number of guanidine groups is 1. The summed E-state index contributed by atoms with van der Waals surface area (Å²) in [5, 5.41) is 3.28. The molecule has 1 aliphatic rings. The predicted octanol–water partition coefficient (Wildman–Crippen LogP) is 2.21. The van der Waals surface area contributed by atoms with Gasteiger partial charge in [-0.2, -0.15) is 0 Å². The van der Waals surface area contributed by atoms with E-state index in [9.17, 15) is 4.79 Å². The molecule has 0 atom stereocenters. The molecule has 5 nitrogen and oxygen atoms in total. The molecule has 1 fully saturated rings. The molecule has 2 rings (SSSR count). The Labute approximate surface area is 125 Å². The van der Waals surface area contributed by atoms with Crippen molar-refractivity contribution in [3.05, 3.63) is 35.4 Å². The van der Waals surface area contributed by atoms with Gasteiger partial charge >= 0.3 is 5.97 Å². The first kappa shape index (κ1) is 15.4. The van der Waals surface area contributed by atoms with Gasteiger partial charge < -0.3 is 15.8 Å². The van der Waals surface area contributed by atoms with Gasteiger partial charge in [-0.25, -0.2) is 9.79 Å². The number of methoxy groups -OCH3 is 1. The highest BCUT2D eigenvalue weighted by atomic mass is 16.5. The lowest BCUT2D eigenvalue weighted by Gasteiger charge is -2.23. The number of nitrogens with zero attached hydrogens (tertiary/aromatic N) is 1. The molecule has 0 saturated heterocycles. The van der Waals surface area contributed by atoms with Gasteiger partial charge in [-0.3, -0.25) is 0 Å². The number of carbonyl (C=O) groups is 1. The second-order valence-corrected chi connectivity index (χ2v) is 5.37. The molecule has 0 aromatic heterocycles. The van der Waals surface area contributed by atoms with E-state index in [0.29, 0.717) is 24.1 Å². The lowest BCUT2D eigenvalue weighted by atomic mass is 9.96. The number of rotatable bonds is 4. The molecule has 0 spiro atoms. The van der Waals surface area contributed by atoms with Crippen LogP contribution in [-0.2, 0) is 11.3 Å². The van der Waals surface area contributed by atoms with E-state index >= 15 is 0 Å². The van der Waals surface area contributed by atoms with Crippen LogP contribution in [0.2, 0.25) is 0 Å². The van der Waals surface area contributed by atoms with E-state index in [2.05, 4.69) is 15.0 Å². The molecule has 21 heavy (non-hydrogen) atoms. The van der Waals surface area contributed by atoms with E-state index in [0.717, 1.165) is 5.56 Å². The number of nitrogens with two attached hydrogens (primary N) is 1. The van der Waals surface area contributed by atoms with Crippen LogP contribution in [0.4, 0.5) is 0 Å². The first-order chi connectivity index (χ1) is 10.2. The van der Waals surface area contributed by atoms with Gasteiger partial charge in [0.25, 0.3) is 0 Å². The number of ether oxygens (including phenoxy) is 1. The molecule has 1 aliphatic carbocycles. The normalized spacial score (nSPS) is 16.5. The molecular weight excluding hydrogens is 266 g/mol. The van der Waals surface area contributed by atoms with Crippen LogP contribution in [0.15, 0.2) is 29.3 Å². The van der Waals surface area contributed by atoms with Crippen LogP contribution in [0.25, 0.3) is 0 Å². The van der Waals surface area contributed by atoms with Crippen molar-refractivity contribution >= 4 is 11.9 Å². The van der Waals surface area contributed by atoms with E-state index in [4.69, 9.17) is 5.73 Å². The Hall–Kier alpha value is -2.04. The van der Waals surface area contributed by atoms with Crippen molar-refractivity contribution in [3.63, 3.8) is 0 Å². The van der Waals surface area contributed by atoms with Crippen molar-refractivity contribution < 1.29 is 9.53 Å². The molecule has 0 aliphatic heterocycles. The zero-order chi connectivity index (χ0) is 15.1. The lowest BCUT2D eigenvalue weighted by Crippen LogP contribution is -2.41. The fourth-order valence-corrected chi connectivity index (χ4v) is 2.54. The Bertz CT molecular complexity index is 491. The third-order valence-electron chi connectivity index (χ3n) is 3.76. The molecular formula is C16H23N3O2. The minimum atomic E-state index is -0.330. The first-order valence-electron chi connectivity index (χ1n) is 7.43. The molecule has 0 radical (unpaired) electrons. The van der Waals surface area contributed by atoms with E-state index in [-0.39, 0.29) is 5.97 Å². The smallest absolute Gasteiger partial charge is 0.337 e. The van der Waals surface area contributed by atoms with Crippen LogP contribution >= 0.6 is 0 Å². The van der Waals surface area contributed by atoms with Crippen LogP contribution in [0, 0.1) is 0 Å². The van der Waals surface area contributed by atoms with Crippen LogP contribution in [0.3, 0.4) is 0 Å². The highest BCUT2D eigenvalue weighted by molar-refractivity contribution is 5.89. The maximum absolute atomic E-state index is 11.3. The summed E-state index contributed by atoms with van der Waals surface area (Å²) in [4.78, 5) is 15.7. The Balaban J connectivity index is 1.85. The van der Waals surface area contributed by atoms with Crippen molar-refractivity contribution in [2.24, 2.45) is 10.7 Å². The number of hydrogen-bond acceptors (Lipinski definition) is 3. The minimum absolute atomic E-state index is 0.330. The molecule has 1 aromatic rings. The molecule has 0 amide bonds. The third kappa shape index (κ3) is 4.77. The quantitative estimate of drug-likeness (QED) is 0.506. The Morgan fingerprint density at radius 2 is 1.95 bits per heavy atom. The van der Waals surface area contributed by atoms with Gasteiger partial charge in [0.2, 0.25) is 0 Å². The van der Waals surface area contributed by atoms with Gasteiger partial charge in [0.15, 0.2) is 5.96 Å². The van der Waals surface area contributed by atoms with Crippen molar-refractivity contribution in [3.8, 4) is 0 Å². The number of benzene rings is 1. The minimum Gasteiger partial charge on any atom is -0.465 e. The van der Waals surface area contributed by atoms with E-state index in [1.165, 1.54) is 39.2 Å². The maximum Gasteiger partial charge on any atom is 0.337 e. The van der Waals surface area contributed by atoms with Gasteiger partial charge in [0.05, 0.1) is 19.2 Å². The number of aliphatic imine (C=N–C) groups is 1. The van der Waals surface area contributed by atoms with E-state index < -0.39 is 0 Å². The summed E-state index contributed by atoms with van der Waals surface area (Å²) in [7, 11) is 1.37. The van der Waals surface area contributed by atoms with Gasteiger partial charge in [0, 0.05) is 6.04 Å². The molecule has 1 aromatic carbocycles. The maximum atomic E-state index is 11.3. The molecule has 3 N–H and O–H groups in total. The van der Waals surface area contributed by atoms with Gasteiger partial charge in [-0.05, 0) is 30.5 Å². The fraction of sp³-hybridized carbons (Fsp3) is 0.500. The number of esters is 1. The molecule has 0 bridgehead atoms. The summed E-state index contributed by atoms with van der Waals surface area (Å²) < 4.78 is 4.66. The zero-order valence-electron chi connectivity index (χ0n) is 12.5. The van der Waals surface area contributed by atoms with Crippen molar-refractivity contribution in [1.29, 1.82) is 0 Å². The second-order valence-electron chi connectivity index (χ2n) is 5.37. The topological polar surface area (TPSA) is 76.7 Å². The Kier molecular flexibility index (Phi) is 5.60. The number of nitrogens with one attached hydrogen (secondary N) is 1. The van der Waals surface area contributed by atoms with Crippen molar-refractivity contribution in [1.82, 2.24) is 5.32 Å². The standard InChI is InChI=1S/C16H23N3O2/c1-21-15(20)13-9-7-12(8-10-13)11-18-16(17)19-14-5-3-2-4-6-14/h7-10,14H,2-6,11H2,1H3,(H3,17,18,19). The monoisotopic (exact) mass is 289 g/mol. The van der Waals surface area contributed by atoms with Gasteiger partial charge in [0.1, 0.15) is 0 Å². The van der Waals surface area contributed by atoms with E-state index in [1.807, 2.05) is 12.1 Å². The van der Waals surface area contributed by atoms with Crippen LogP contribution in [0.5, 0.6) is 0 Å². The zero-order valence-corrected chi connectivity index (χ0v) is 12.5. The summed E-state index contributed by atoms with van der Waals surface area (Å²) >= 11 is 0. The molecule has 0 heterocycles. The largest absolute Gasteiger partial charge is 0.465 e. The lowest BCUT2D eigenvalue weighted by molar-refractivity contribution is 0.0600. The second kappa shape index (κ2) is 7.67. The molecule has 1 saturated carbocycles. The molecule has 5 heteroatoms. The summed E-state index contributed by atoms with van der Waals surface area (Å²) in [5.74, 6) is 0.169. The van der Waals surface area contributed by atoms with E-state index in [1.54, 1.807) is 12.1 Å². The molecule has 114 valence electrons. The Morgan fingerprint density at radius 3 is 2.57 bits per heavy atom. The summed E-state index contributed by atoms with van der Waals surface area (Å²) in [5.41, 5.74) is 7.47. The average molecular weight is 289 g/mol. The van der Waals surface area contributed by atoms with Gasteiger partial charge in [-0.1, -0.05) is 31.4 Å². The van der Waals surface area contributed by atoms with Crippen LogP contribution in [-0.4, -0.2) is 25.1 Å². The highest BCUT2D eigenvalue weighted by Gasteiger charge is 2.13. The third-order valence-corrected chi connectivity index (χ3v) is 3.76. The predicted molar refractivity (Wildman–Crippen MR) is 83.1 cm³/mol. The van der Waals surface area contributed by atoms with Crippen LogP contribution < -0.4 is 11.1 Å². The first-order valence-corrected chi connectivity index (χ1v) is 7.43. The number of hydrogen-bond donors (Lipinski definition) is 2. The SMILES string of the molecule is COC(=O)c1ccc(CN=C(N)NC2CCCCC2)cc1. The highest BCUT2D eigenvalue weighted by Crippen LogP contribution is 2.17. The summed E-state index contributed by atoms with van der Waals surface area (Å²) in [6, 6.07) is 7.67. The average Bonchev–Trinajstić information content (AvgIpc) is 2.53. The Morgan fingerprint density at radius 1 is 1.29 bits per heavy atom. The van der Waals surface area contributed by atoms with Crippen LogP contribution in [0.1, 0.15) is 48.0 Å². The van der Waals surface area contributed by atoms with Crippen molar-refractivity contribution in [2.75, 3.05) is 7.11 Å². The molecule has 0 unspecified atom stereocenters. The van der Waals surface area contributed by atoms with Crippen molar-refractivity contribution in [2.45, 2.75) is 44.7 Å². The summed E-state index contributed by atoms with van der Waals surface area (Å²) in [6.45, 7) is 0.507. The van der Waals surface area contributed by atoms with Gasteiger partial charge in [-0.15, -0.1) is 0 Å². The fourth-order valence-electron chi connectivity index (χ4n) is 2.54.